The highest BCUT2D eigenvalue weighted by molar-refractivity contribution is 5.87. The van der Waals surface area contributed by atoms with E-state index >= 15 is 0 Å². The Kier molecular flexibility index (Phi) is 3.37. The summed E-state index contributed by atoms with van der Waals surface area (Å²) in [5, 5.41) is 9.14. The summed E-state index contributed by atoms with van der Waals surface area (Å²) in [5.74, 6) is -0.740. The minimum Gasteiger partial charge on any atom is -0.483 e. The quantitative estimate of drug-likeness (QED) is 0.815. The van der Waals surface area contributed by atoms with Gasteiger partial charge in [-0.2, -0.15) is 4.98 Å². The molecule has 9 heteroatoms. The molecular weight excluding hydrogens is 295 g/mol. The second-order valence-corrected chi connectivity index (χ2v) is 4.41. The van der Waals surface area contributed by atoms with Gasteiger partial charge in [0, 0.05) is 11.8 Å². The Morgan fingerprint density at radius 1 is 1.45 bits per heavy atom. The van der Waals surface area contributed by atoms with Crippen molar-refractivity contribution in [1.29, 1.82) is 0 Å². The number of nitrogen functional groups attached to an aromatic ring is 1. The Bertz CT molecular complexity index is 740. The maximum absolute atomic E-state index is 13.8. The summed E-state index contributed by atoms with van der Waals surface area (Å²) >= 11 is 0. The standard InChI is InChI=1S/C13H11FN4O4/c14-8-5-7(15)1-2-9(8)22-12-10-11(16-6-17-12)18(13(19)20)3-4-21-10/h1-2,5-6H,3-4,15H2,(H,19,20). The number of hydrogen-bond acceptors (Lipinski definition) is 6. The van der Waals surface area contributed by atoms with Gasteiger partial charge in [-0.05, 0) is 12.1 Å². The molecule has 2 heterocycles. The molecule has 0 bridgehead atoms. The van der Waals surface area contributed by atoms with Crippen LogP contribution in [-0.4, -0.2) is 34.3 Å². The van der Waals surface area contributed by atoms with Crippen molar-refractivity contribution in [2.45, 2.75) is 0 Å². The van der Waals surface area contributed by atoms with E-state index in [4.69, 9.17) is 20.3 Å². The average molecular weight is 306 g/mol. The fourth-order valence-corrected chi connectivity index (χ4v) is 1.98. The van der Waals surface area contributed by atoms with E-state index < -0.39 is 11.9 Å². The van der Waals surface area contributed by atoms with Crippen LogP contribution in [0.1, 0.15) is 0 Å². The summed E-state index contributed by atoms with van der Waals surface area (Å²) in [6, 6.07) is 3.92. The van der Waals surface area contributed by atoms with Crippen molar-refractivity contribution < 1.29 is 23.8 Å². The van der Waals surface area contributed by atoms with Crippen molar-refractivity contribution in [2.75, 3.05) is 23.8 Å². The van der Waals surface area contributed by atoms with Crippen molar-refractivity contribution in [1.82, 2.24) is 9.97 Å². The van der Waals surface area contributed by atoms with Gasteiger partial charge in [-0.25, -0.2) is 14.2 Å². The van der Waals surface area contributed by atoms with Gasteiger partial charge in [0.05, 0.1) is 6.54 Å². The first-order chi connectivity index (χ1) is 10.6. The van der Waals surface area contributed by atoms with E-state index in [1.807, 2.05) is 0 Å². The molecule has 0 aliphatic carbocycles. The van der Waals surface area contributed by atoms with Crippen molar-refractivity contribution in [3.63, 3.8) is 0 Å². The van der Waals surface area contributed by atoms with Gasteiger partial charge in [0.2, 0.25) is 5.75 Å². The van der Waals surface area contributed by atoms with Crippen LogP contribution in [0.5, 0.6) is 17.4 Å². The molecule has 3 rings (SSSR count). The molecule has 0 saturated carbocycles. The molecule has 0 unspecified atom stereocenters. The molecule has 0 radical (unpaired) electrons. The maximum atomic E-state index is 13.8. The Hall–Kier alpha value is -3.10. The lowest BCUT2D eigenvalue weighted by Gasteiger charge is -2.26. The van der Waals surface area contributed by atoms with Crippen LogP contribution in [0.25, 0.3) is 0 Å². The lowest BCUT2D eigenvalue weighted by atomic mass is 10.3. The molecule has 8 nitrogen and oxygen atoms in total. The summed E-state index contributed by atoms with van der Waals surface area (Å²) in [4.78, 5) is 19.9. The zero-order valence-electron chi connectivity index (χ0n) is 11.2. The smallest absolute Gasteiger partial charge is 0.413 e. The zero-order chi connectivity index (χ0) is 15.7. The molecule has 22 heavy (non-hydrogen) atoms. The van der Waals surface area contributed by atoms with E-state index in [2.05, 4.69) is 9.97 Å². The van der Waals surface area contributed by atoms with Gasteiger partial charge < -0.3 is 20.3 Å². The van der Waals surface area contributed by atoms with Gasteiger partial charge >= 0.3 is 6.09 Å². The number of rotatable bonds is 2. The predicted octanol–water partition coefficient (Wildman–Crippen LogP) is 1.87. The van der Waals surface area contributed by atoms with Crippen LogP contribution in [0.2, 0.25) is 0 Å². The first-order valence-corrected chi connectivity index (χ1v) is 6.27. The van der Waals surface area contributed by atoms with Gasteiger partial charge in [0.15, 0.2) is 17.4 Å². The van der Waals surface area contributed by atoms with Gasteiger partial charge in [-0.3, -0.25) is 4.90 Å². The SMILES string of the molecule is Nc1ccc(Oc2ncnc3c2OCCN3C(=O)O)c(F)c1. The minimum atomic E-state index is -1.17. The molecule has 1 amide bonds. The van der Waals surface area contributed by atoms with Crippen molar-refractivity contribution in [3.8, 4) is 17.4 Å². The zero-order valence-corrected chi connectivity index (χ0v) is 11.2. The Balaban J connectivity index is 1.98. The van der Waals surface area contributed by atoms with Crippen LogP contribution in [0, 0.1) is 5.82 Å². The second-order valence-electron chi connectivity index (χ2n) is 4.41. The summed E-state index contributed by atoms with van der Waals surface area (Å²) in [6.45, 7) is 0.252. The van der Waals surface area contributed by atoms with Crippen molar-refractivity contribution >= 4 is 17.6 Å². The monoisotopic (exact) mass is 306 g/mol. The number of aromatic nitrogens is 2. The van der Waals surface area contributed by atoms with Gasteiger partial charge in [-0.1, -0.05) is 0 Å². The van der Waals surface area contributed by atoms with Gasteiger partial charge in [-0.15, -0.1) is 0 Å². The van der Waals surface area contributed by atoms with E-state index in [1.165, 1.54) is 12.1 Å². The van der Waals surface area contributed by atoms with E-state index in [0.717, 1.165) is 17.3 Å². The number of nitrogens with two attached hydrogens (primary N) is 1. The summed E-state index contributed by atoms with van der Waals surface area (Å²) < 4.78 is 24.5. The number of nitrogens with zero attached hydrogens (tertiary/aromatic N) is 3. The second kappa shape index (κ2) is 5.35. The Morgan fingerprint density at radius 3 is 3.00 bits per heavy atom. The third-order valence-corrected chi connectivity index (χ3v) is 2.96. The lowest BCUT2D eigenvalue weighted by Crippen LogP contribution is -2.37. The number of anilines is 2. The highest BCUT2D eigenvalue weighted by Crippen LogP contribution is 2.39. The molecule has 0 fully saturated rings. The molecule has 0 saturated heterocycles. The number of benzene rings is 1. The van der Waals surface area contributed by atoms with Crippen LogP contribution in [0.15, 0.2) is 24.5 Å². The van der Waals surface area contributed by atoms with Crippen molar-refractivity contribution in [3.05, 3.63) is 30.3 Å². The highest BCUT2D eigenvalue weighted by Gasteiger charge is 2.29. The fourth-order valence-electron chi connectivity index (χ4n) is 1.98. The molecule has 3 N–H and O–H groups in total. The summed E-state index contributed by atoms with van der Waals surface area (Å²) in [5.41, 5.74) is 5.72. The third-order valence-electron chi connectivity index (χ3n) is 2.96. The number of hydrogen-bond donors (Lipinski definition) is 2. The van der Waals surface area contributed by atoms with E-state index in [-0.39, 0.29) is 42.0 Å². The molecule has 0 atom stereocenters. The number of amides is 1. The van der Waals surface area contributed by atoms with Gasteiger partial charge in [0.1, 0.15) is 12.9 Å². The summed E-state index contributed by atoms with van der Waals surface area (Å²) in [7, 11) is 0. The average Bonchev–Trinajstić information content (AvgIpc) is 2.49. The molecule has 0 spiro atoms. The third kappa shape index (κ3) is 2.43. The number of ether oxygens (including phenoxy) is 2. The van der Waals surface area contributed by atoms with Gasteiger partial charge in [0.25, 0.3) is 5.88 Å². The van der Waals surface area contributed by atoms with E-state index in [0.29, 0.717) is 0 Å². The Morgan fingerprint density at radius 2 is 2.27 bits per heavy atom. The summed E-state index contributed by atoms with van der Waals surface area (Å²) in [6.07, 6.45) is -0.0542. The maximum Gasteiger partial charge on any atom is 0.413 e. The van der Waals surface area contributed by atoms with E-state index in [1.54, 1.807) is 0 Å². The number of halogens is 1. The molecule has 2 aromatic rings. The molecule has 1 aromatic carbocycles. The first-order valence-electron chi connectivity index (χ1n) is 6.27. The minimum absolute atomic E-state index is 0.0485. The largest absolute Gasteiger partial charge is 0.483 e. The van der Waals surface area contributed by atoms with Crippen molar-refractivity contribution in [2.24, 2.45) is 0 Å². The number of fused-ring (bicyclic) bond motifs is 1. The molecular formula is C13H11FN4O4. The number of carbonyl (C=O) groups is 1. The highest BCUT2D eigenvalue weighted by atomic mass is 19.1. The molecule has 114 valence electrons. The molecule has 1 aliphatic rings. The first kappa shape index (κ1) is 13.9. The molecule has 1 aliphatic heterocycles. The van der Waals surface area contributed by atoms with Crippen LogP contribution in [0.3, 0.4) is 0 Å². The van der Waals surface area contributed by atoms with Crippen LogP contribution in [-0.2, 0) is 0 Å². The predicted molar refractivity (Wildman–Crippen MR) is 73.8 cm³/mol. The molecule has 1 aromatic heterocycles. The number of carboxylic acid groups (broad SMARTS) is 1. The van der Waals surface area contributed by atoms with Crippen LogP contribution in [0.4, 0.5) is 20.7 Å². The Labute approximate surface area is 123 Å². The van der Waals surface area contributed by atoms with Crippen LogP contribution < -0.4 is 20.1 Å². The fraction of sp³-hybridized carbons (Fsp3) is 0.154. The lowest BCUT2D eigenvalue weighted by molar-refractivity contribution is 0.195. The van der Waals surface area contributed by atoms with E-state index in [9.17, 15) is 9.18 Å². The topological polar surface area (TPSA) is 111 Å². The van der Waals surface area contributed by atoms with Crippen LogP contribution >= 0.6 is 0 Å². The normalized spacial score (nSPS) is 13.2.